The van der Waals surface area contributed by atoms with Crippen LogP contribution in [-0.4, -0.2) is 45.2 Å². The van der Waals surface area contributed by atoms with Crippen molar-refractivity contribution in [1.29, 1.82) is 0 Å². The molecule has 0 saturated heterocycles. The van der Waals surface area contributed by atoms with Gasteiger partial charge in [-0.2, -0.15) is 0 Å². The largest absolute Gasteiger partial charge is 0.486 e. The van der Waals surface area contributed by atoms with Gasteiger partial charge >= 0.3 is 0 Å². The molecule has 154 valence electrons. The van der Waals surface area contributed by atoms with Gasteiger partial charge in [-0.05, 0) is 42.8 Å². The average Bonchev–Trinajstić information content (AvgIpc) is 2.67. The second-order valence-electron chi connectivity index (χ2n) is 7.06. The number of rotatable bonds is 7. The SMILES string of the molecule is C[C@H](NC(=O)C[NH+](C)CC(=O)Nc1cccc(F)c1)c1ccc2c(c1)OCCO2. The third-order valence-corrected chi connectivity index (χ3v) is 4.48. The van der Waals surface area contributed by atoms with Gasteiger partial charge in [0.15, 0.2) is 24.6 Å². The maximum absolute atomic E-state index is 13.2. The molecule has 0 radical (unpaired) electrons. The first-order valence-electron chi connectivity index (χ1n) is 9.46. The zero-order valence-electron chi connectivity index (χ0n) is 16.5. The first-order chi connectivity index (χ1) is 13.9. The summed E-state index contributed by atoms with van der Waals surface area (Å²) in [6.45, 7) is 3.13. The predicted molar refractivity (Wildman–Crippen MR) is 106 cm³/mol. The van der Waals surface area contributed by atoms with Crippen LogP contribution >= 0.6 is 0 Å². The van der Waals surface area contributed by atoms with Gasteiger partial charge in [0, 0.05) is 5.69 Å². The number of hydrogen-bond donors (Lipinski definition) is 3. The van der Waals surface area contributed by atoms with Crippen molar-refractivity contribution in [3.8, 4) is 11.5 Å². The molecular weight excluding hydrogens is 377 g/mol. The summed E-state index contributed by atoms with van der Waals surface area (Å²) in [5.41, 5.74) is 1.29. The lowest BCUT2D eigenvalue weighted by molar-refractivity contribution is -0.862. The Bertz CT molecular complexity index is 890. The van der Waals surface area contributed by atoms with Gasteiger partial charge in [-0.1, -0.05) is 12.1 Å². The maximum atomic E-state index is 13.2. The molecule has 8 heteroatoms. The molecule has 2 amide bonds. The smallest absolute Gasteiger partial charge is 0.279 e. The minimum Gasteiger partial charge on any atom is -0.486 e. The van der Waals surface area contributed by atoms with E-state index in [4.69, 9.17) is 9.47 Å². The van der Waals surface area contributed by atoms with Crippen LogP contribution in [0.25, 0.3) is 0 Å². The first-order valence-corrected chi connectivity index (χ1v) is 9.46. The van der Waals surface area contributed by atoms with Crippen molar-refractivity contribution in [3.63, 3.8) is 0 Å². The number of ether oxygens (including phenoxy) is 2. The molecule has 2 aromatic carbocycles. The van der Waals surface area contributed by atoms with Gasteiger partial charge in [0.05, 0.1) is 13.1 Å². The Balaban J connectivity index is 1.47. The van der Waals surface area contributed by atoms with E-state index < -0.39 is 5.82 Å². The molecule has 7 nitrogen and oxygen atoms in total. The Morgan fingerprint density at radius 2 is 1.79 bits per heavy atom. The van der Waals surface area contributed by atoms with E-state index in [1.807, 2.05) is 25.1 Å². The van der Waals surface area contributed by atoms with Crippen molar-refractivity contribution in [1.82, 2.24) is 5.32 Å². The molecule has 2 aromatic rings. The maximum Gasteiger partial charge on any atom is 0.279 e. The monoisotopic (exact) mass is 402 g/mol. The molecule has 2 atom stereocenters. The van der Waals surface area contributed by atoms with Gasteiger partial charge in [0.1, 0.15) is 19.0 Å². The molecular formula is C21H25FN3O4+. The summed E-state index contributed by atoms with van der Waals surface area (Å²) in [5, 5.41) is 5.55. The fourth-order valence-corrected chi connectivity index (χ4v) is 3.09. The van der Waals surface area contributed by atoms with Crippen LogP contribution in [0.2, 0.25) is 0 Å². The number of nitrogens with one attached hydrogen (secondary N) is 3. The van der Waals surface area contributed by atoms with E-state index in [1.54, 1.807) is 13.1 Å². The van der Waals surface area contributed by atoms with E-state index in [0.29, 0.717) is 35.3 Å². The lowest BCUT2D eigenvalue weighted by Gasteiger charge is -2.21. The Morgan fingerprint density at radius 3 is 2.55 bits per heavy atom. The average molecular weight is 402 g/mol. The Hall–Kier alpha value is -3.13. The normalized spacial score (nSPS) is 14.6. The molecule has 1 unspecified atom stereocenters. The van der Waals surface area contributed by atoms with E-state index in [9.17, 15) is 14.0 Å². The van der Waals surface area contributed by atoms with E-state index in [-0.39, 0.29) is 30.9 Å². The number of anilines is 1. The molecule has 0 aromatic heterocycles. The summed E-state index contributed by atoms with van der Waals surface area (Å²) in [6, 6.07) is 11.1. The van der Waals surface area contributed by atoms with Gasteiger partial charge in [-0.25, -0.2) is 4.39 Å². The molecule has 1 aliphatic heterocycles. The summed E-state index contributed by atoms with van der Waals surface area (Å²) in [6.07, 6.45) is 0. The van der Waals surface area contributed by atoms with Crippen LogP contribution in [0.4, 0.5) is 10.1 Å². The number of benzene rings is 2. The number of quaternary nitrogens is 1. The summed E-state index contributed by atoms with van der Waals surface area (Å²) in [4.78, 5) is 25.1. The van der Waals surface area contributed by atoms with Crippen molar-refractivity contribution in [2.45, 2.75) is 13.0 Å². The van der Waals surface area contributed by atoms with Gasteiger partial charge in [0.2, 0.25) is 0 Å². The summed E-state index contributed by atoms with van der Waals surface area (Å²) in [5.74, 6) is 0.485. The van der Waals surface area contributed by atoms with Crippen molar-refractivity contribution in [2.75, 3.05) is 38.7 Å². The van der Waals surface area contributed by atoms with Crippen molar-refractivity contribution >= 4 is 17.5 Å². The summed E-state index contributed by atoms with van der Waals surface area (Å²) < 4.78 is 24.3. The van der Waals surface area contributed by atoms with E-state index >= 15 is 0 Å². The molecule has 0 saturated carbocycles. The molecule has 1 aliphatic rings. The lowest BCUT2D eigenvalue weighted by Crippen LogP contribution is -3.11. The number of hydrogen-bond acceptors (Lipinski definition) is 4. The minimum atomic E-state index is -0.420. The van der Waals surface area contributed by atoms with Crippen LogP contribution in [0, 0.1) is 5.82 Å². The highest BCUT2D eigenvalue weighted by atomic mass is 19.1. The number of likely N-dealkylation sites (N-methyl/N-ethyl adjacent to an activating group) is 1. The van der Waals surface area contributed by atoms with Gasteiger partial charge in [-0.15, -0.1) is 0 Å². The fourth-order valence-electron chi connectivity index (χ4n) is 3.09. The van der Waals surface area contributed by atoms with Crippen LogP contribution in [-0.2, 0) is 9.59 Å². The highest BCUT2D eigenvalue weighted by Crippen LogP contribution is 2.32. The predicted octanol–water partition coefficient (Wildman–Crippen LogP) is 0.928. The van der Waals surface area contributed by atoms with E-state index in [0.717, 1.165) is 5.56 Å². The van der Waals surface area contributed by atoms with Crippen molar-refractivity contribution in [3.05, 3.63) is 53.8 Å². The number of carbonyl (C=O) groups excluding carboxylic acids is 2. The zero-order chi connectivity index (χ0) is 20.8. The first kappa shape index (κ1) is 20.6. The molecule has 3 N–H and O–H groups in total. The molecule has 0 fully saturated rings. The Morgan fingerprint density at radius 1 is 1.07 bits per heavy atom. The topological polar surface area (TPSA) is 81.1 Å². The second kappa shape index (κ2) is 9.38. The number of amides is 2. The Kier molecular flexibility index (Phi) is 6.66. The zero-order valence-corrected chi connectivity index (χ0v) is 16.5. The fraction of sp³-hybridized carbons (Fsp3) is 0.333. The van der Waals surface area contributed by atoms with Gasteiger partial charge < -0.3 is 25.0 Å². The van der Waals surface area contributed by atoms with E-state index in [2.05, 4.69) is 10.6 Å². The van der Waals surface area contributed by atoms with Crippen LogP contribution < -0.4 is 25.0 Å². The lowest BCUT2D eigenvalue weighted by atomic mass is 10.1. The van der Waals surface area contributed by atoms with Crippen molar-refractivity contribution < 1.29 is 28.4 Å². The molecule has 0 bridgehead atoms. The number of halogens is 1. The standard InChI is InChI=1S/C21H24FN3O4/c1-14(15-6-7-18-19(10-15)29-9-8-28-18)23-20(26)12-25(2)13-21(27)24-17-5-3-4-16(22)11-17/h3-7,10-11,14H,8-9,12-13H2,1-2H3,(H,23,26)(H,24,27)/p+1/t14-/m0/s1. The van der Waals surface area contributed by atoms with Crippen LogP contribution in [0.1, 0.15) is 18.5 Å². The summed E-state index contributed by atoms with van der Waals surface area (Å²) in [7, 11) is 1.75. The molecule has 3 rings (SSSR count). The highest BCUT2D eigenvalue weighted by Gasteiger charge is 2.19. The Labute approximate surface area is 168 Å². The number of fused-ring (bicyclic) bond motifs is 1. The van der Waals surface area contributed by atoms with Crippen LogP contribution in [0.15, 0.2) is 42.5 Å². The van der Waals surface area contributed by atoms with Gasteiger partial charge in [0.25, 0.3) is 11.8 Å². The molecule has 1 heterocycles. The molecule has 29 heavy (non-hydrogen) atoms. The number of carbonyl (C=O) groups is 2. The van der Waals surface area contributed by atoms with Crippen LogP contribution in [0.3, 0.4) is 0 Å². The summed E-state index contributed by atoms with van der Waals surface area (Å²) >= 11 is 0. The molecule has 0 aliphatic carbocycles. The highest BCUT2D eigenvalue weighted by molar-refractivity contribution is 5.91. The van der Waals surface area contributed by atoms with E-state index in [1.165, 1.54) is 18.2 Å². The van der Waals surface area contributed by atoms with Crippen molar-refractivity contribution in [2.24, 2.45) is 0 Å². The second-order valence-corrected chi connectivity index (χ2v) is 7.06. The third-order valence-electron chi connectivity index (χ3n) is 4.48. The quantitative estimate of drug-likeness (QED) is 0.644. The van der Waals surface area contributed by atoms with Gasteiger partial charge in [-0.3, -0.25) is 9.59 Å². The van der Waals surface area contributed by atoms with Crippen LogP contribution in [0.5, 0.6) is 11.5 Å². The molecule has 0 spiro atoms. The minimum absolute atomic E-state index is 0.0857. The third kappa shape index (κ3) is 5.92.